The molecule has 1 saturated carbocycles. The SMILES string of the molecule is CC(C)CNCC(C)C(C)C1CCCCCC1. The lowest BCUT2D eigenvalue weighted by Gasteiger charge is -2.28. The van der Waals surface area contributed by atoms with Crippen LogP contribution in [0.3, 0.4) is 0 Å². The lowest BCUT2D eigenvalue weighted by molar-refractivity contribution is 0.231. The van der Waals surface area contributed by atoms with Gasteiger partial charge in [0.2, 0.25) is 0 Å². The molecular weight excluding hydrogens is 206 g/mol. The molecule has 2 unspecified atom stereocenters. The Bertz CT molecular complexity index is 180. The van der Waals surface area contributed by atoms with Crippen LogP contribution in [0.1, 0.15) is 66.2 Å². The van der Waals surface area contributed by atoms with Crippen molar-refractivity contribution in [2.75, 3.05) is 13.1 Å². The highest BCUT2D eigenvalue weighted by molar-refractivity contribution is 4.75. The summed E-state index contributed by atoms with van der Waals surface area (Å²) in [6, 6.07) is 0. The molecule has 1 N–H and O–H groups in total. The van der Waals surface area contributed by atoms with Crippen LogP contribution in [0.5, 0.6) is 0 Å². The van der Waals surface area contributed by atoms with E-state index in [1.807, 2.05) is 0 Å². The van der Waals surface area contributed by atoms with Gasteiger partial charge in [-0.1, -0.05) is 66.2 Å². The summed E-state index contributed by atoms with van der Waals surface area (Å²) in [5.74, 6) is 3.49. The molecule has 0 aromatic heterocycles. The number of hydrogen-bond donors (Lipinski definition) is 1. The maximum Gasteiger partial charge on any atom is -0.00204 e. The lowest BCUT2D eigenvalue weighted by atomic mass is 9.80. The van der Waals surface area contributed by atoms with E-state index in [9.17, 15) is 0 Å². The van der Waals surface area contributed by atoms with Crippen LogP contribution in [0, 0.1) is 23.7 Å². The second-order valence-corrected chi connectivity index (χ2v) is 6.64. The topological polar surface area (TPSA) is 12.0 Å². The van der Waals surface area contributed by atoms with Crippen LogP contribution >= 0.6 is 0 Å². The average molecular weight is 239 g/mol. The minimum absolute atomic E-state index is 0.774. The van der Waals surface area contributed by atoms with Crippen molar-refractivity contribution < 1.29 is 0 Å². The Morgan fingerprint density at radius 2 is 1.47 bits per heavy atom. The van der Waals surface area contributed by atoms with Gasteiger partial charge in [-0.05, 0) is 36.8 Å². The molecule has 0 radical (unpaired) electrons. The Morgan fingerprint density at radius 3 is 2.00 bits per heavy atom. The van der Waals surface area contributed by atoms with E-state index in [1.54, 1.807) is 0 Å². The third-order valence-electron chi connectivity index (χ3n) is 4.56. The maximum atomic E-state index is 3.62. The summed E-state index contributed by atoms with van der Waals surface area (Å²) < 4.78 is 0. The average Bonchev–Trinajstić information content (AvgIpc) is 2.55. The summed E-state index contributed by atoms with van der Waals surface area (Å²) >= 11 is 0. The lowest BCUT2D eigenvalue weighted by Crippen LogP contribution is -2.30. The monoisotopic (exact) mass is 239 g/mol. The van der Waals surface area contributed by atoms with Crippen molar-refractivity contribution in [3.8, 4) is 0 Å². The van der Waals surface area contributed by atoms with Crippen LogP contribution in [-0.2, 0) is 0 Å². The van der Waals surface area contributed by atoms with Crippen LogP contribution in [0.4, 0.5) is 0 Å². The van der Waals surface area contributed by atoms with Crippen molar-refractivity contribution in [3.63, 3.8) is 0 Å². The molecular formula is C16H33N. The fourth-order valence-electron chi connectivity index (χ4n) is 3.09. The van der Waals surface area contributed by atoms with E-state index in [-0.39, 0.29) is 0 Å². The molecule has 0 amide bonds. The van der Waals surface area contributed by atoms with Gasteiger partial charge >= 0.3 is 0 Å². The molecule has 17 heavy (non-hydrogen) atoms. The van der Waals surface area contributed by atoms with Gasteiger partial charge < -0.3 is 5.32 Å². The summed E-state index contributed by atoms with van der Waals surface area (Å²) in [6.45, 7) is 11.9. The molecule has 0 aromatic carbocycles. The molecule has 2 atom stereocenters. The van der Waals surface area contributed by atoms with Gasteiger partial charge in [-0.3, -0.25) is 0 Å². The number of hydrogen-bond acceptors (Lipinski definition) is 1. The quantitative estimate of drug-likeness (QED) is 0.674. The van der Waals surface area contributed by atoms with Gasteiger partial charge in [0.15, 0.2) is 0 Å². The van der Waals surface area contributed by atoms with Gasteiger partial charge in [0, 0.05) is 0 Å². The summed E-state index contributed by atoms with van der Waals surface area (Å²) in [6.07, 6.45) is 8.86. The molecule has 0 spiro atoms. The van der Waals surface area contributed by atoms with Crippen molar-refractivity contribution in [3.05, 3.63) is 0 Å². The summed E-state index contributed by atoms with van der Waals surface area (Å²) in [7, 11) is 0. The molecule has 0 heterocycles. The van der Waals surface area contributed by atoms with Crippen LogP contribution < -0.4 is 5.32 Å². The fraction of sp³-hybridized carbons (Fsp3) is 1.00. The molecule has 0 bridgehead atoms. The van der Waals surface area contributed by atoms with Gasteiger partial charge in [0.1, 0.15) is 0 Å². The Kier molecular flexibility index (Phi) is 7.18. The van der Waals surface area contributed by atoms with Gasteiger partial charge in [-0.2, -0.15) is 0 Å². The highest BCUT2D eigenvalue weighted by Gasteiger charge is 2.23. The van der Waals surface area contributed by atoms with Crippen LogP contribution in [0.25, 0.3) is 0 Å². The molecule has 0 aliphatic heterocycles. The van der Waals surface area contributed by atoms with Crippen molar-refractivity contribution in [1.82, 2.24) is 5.32 Å². The van der Waals surface area contributed by atoms with Gasteiger partial charge in [-0.15, -0.1) is 0 Å². The first-order valence-electron chi connectivity index (χ1n) is 7.82. The predicted molar refractivity (Wildman–Crippen MR) is 77.2 cm³/mol. The van der Waals surface area contributed by atoms with E-state index in [1.165, 1.54) is 51.6 Å². The summed E-state index contributed by atoms with van der Waals surface area (Å²) in [4.78, 5) is 0. The first kappa shape index (κ1) is 15.0. The van der Waals surface area contributed by atoms with Gasteiger partial charge in [-0.25, -0.2) is 0 Å². The summed E-state index contributed by atoms with van der Waals surface area (Å²) in [5.41, 5.74) is 0. The predicted octanol–water partition coefficient (Wildman–Crippen LogP) is 4.47. The normalized spacial score (nSPS) is 22.4. The molecule has 1 aliphatic rings. The minimum atomic E-state index is 0.774. The van der Waals surface area contributed by atoms with E-state index in [4.69, 9.17) is 0 Å². The van der Waals surface area contributed by atoms with Crippen molar-refractivity contribution in [2.24, 2.45) is 23.7 Å². The second-order valence-electron chi connectivity index (χ2n) is 6.64. The number of nitrogens with one attached hydrogen (secondary N) is 1. The number of rotatable bonds is 6. The Labute approximate surface area is 109 Å². The van der Waals surface area contributed by atoms with Crippen molar-refractivity contribution in [2.45, 2.75) is 66.2 Å². The highest BCUT2D eigenvalue weighted by atomic mass is 14.9. The molecule has 0 aromatic rings. The zero-order chi connectivity index (χ0) is 12.7. The van der Waals surface area contributed by atoms with Crippen LogP contribution in [-0.4, -0.2) is 13.1 Å². The smallest absolute Gasteiger partial charge is 0.00204 e. The van der Waals surface area contributed by atoms with Gasteiger partial charge in [0.05, 0.1) is 0 Å². The van der Waals surface area contributed by atoms with E-state index in [0.717, 1.165) is 23.7 Å². The van der Waals surface area contributed by atoms with E-state index in [2.05, 4.69) is 33.0 Å². The Balaban J connectivity index is 2.26. The first-order chi connectivity index (χ1) is 8.11. The third-order valence-corrected chi connectivity index (χ3v) is 4.56. The zero-order valence-corrected chi connectivity index (χ0v) is 12.5. The maximum absolute atomic E-state index is 3.62. The van der Waals surface area contributed by atoms with Crippen molar-refractivity contribution in [1.29, 1.82) is 0 Å². The Hall–Kier alpha value is -0.0400. The molecule has 0 saturated heterocycles. The molecule has 1 rings (SSSR count). The highest BCUT2D eigenvalue weighted by Crippen LogP contribution is 2.32. The van der Waals surface area contributed by atoms with Crippen LogP contribution in [0.2, 0.25) is 0 Å². The molecule has 1 fully saturated rings. The molecule has 1 nitrogen and oxygen atoms in total. The van der Waals surface area contributed by atoms with E-state index in [0.29, 0.717) is 0 Å². The van der Waals surface area contributed by atoms with Crippen molar-refractivity contribution >= 4 is 0 Å². The van der Waals surface area contributed by atoms with E-state index >= 15 is 0 Å². The van der Waals surface area contributed by atoms with E-state index < -0.39 is 0 Å². The Morgan fingerprint density at radius 1 is 0.882 bits per heavy atom. The summed E-state index contributed by atoms with van der Waals surface area (Å²) in [5, 5.41) is 3.62. The second kappa shape index (κ2) is 8.13. The first-order valence-corrected chi connectivity index (χ1v) is 7.82. The minimum Gasteiger partial charge on any atom is -0.316 e. The fourth-order valence-corrected chi connectivity index (χ4v) is 3.09. The zero-order valence-electron chi connectivity index (χ0n) is 12.5. The molecule has 1 aliphatic carbocycles. The largest absolute Gasteiger partial charge is 0.316 e. The van der Waals surface area contributed by atoms with Crippen LogP contribution in [0.15, 0.2) is 0 Å². The third kappa shape index (κ3) is 5.90. The molecule has 102 valence electrons. The molecule has 1 heteroatoms. The standard InChI is InChI=1S/C16H33N/c1-13(2)11-17-12-14(3)15(4)16-9-7-5-6-8-10-16/h13-17H,5-12H2,1-4H3. The van der Waals surface area contributed by atoms with Gasteiger partial charge in [0.25, 0.3) is 0 Å².